The van der Waals surface area contributed by atoms with Crippen molar-refractivity contribution in [1.82, 2.24) is 14.6 Å². The summed E-state index contributed by atoms with van der Waals surface area (Å²) in [4.78, 5) is 19.5. The SMILES string of the molecule is CC1(C)OCC(COCC(=O)c2c(N)nn3ccc(N4CCC[C@@H]4c4cc(F)ccc4F)nc23)O1. The molecule has 2 fully saturated rings. The number of Topliss-reactive ketones (excluding diaryl/α,β-unsaturated/α-hetero) is 1. The molecule has 11 heteroatoms. The molecule has 0 spiro atoms. The second kappa shape index (κ2) is 9.14. The first kappa shape index (κ1) is 23.6. The predicted molar refractivity (Wildman–Crippen MR) is 123 cm³/mol. The van der Waals surface area contributed by atoms with Crippen LogP contribution in [0.2, 0.25) is 0 Å². The molecule has 2 N–H and O–H groups in total. The van der Waals surface area contributed by atoms with E-state index in [0.29, 0.717) is 25.4 Å². The van der Waals surface area contributed by atoms with Crippen LogP contribution in [0.25, 0.3) is 5.65 Å². The molecule has 1 aromatic carbocycles. The van der Waals surface area contributed by atoms with Crippen molar-refractivity contribution < 1.29 is 27.8 Å². The molecule has 9 nitrogen and oxygen atoms in total. The minimum absolute atomic E-state index is 0.0407. The second-order valence-corrected chi connectivity index (χ2v) is 9.22. The Labute approximate surface area is 200 Å². The highest BCUT2D eigenvalue weighted by Gasteiger charge is 2.33. The van der Waals surface area contributed by atoms with Crippen LogP contribution in [-0.4, -0.2) is 58.6 Å². The molecule has 4 heterocycles. The van der Waals surface area contributed by atoms with E-state index in [1.807, 2.05) is 18.7 Å². The Kier molecular flexibility index (Phi) is 6.16. The lowest BCUT2D eigenvalue weighted by Gasteiger charge is -2.26. The van der Waals surface area contributed by atoms with E-state index in [1.165, 1.54) is 10.6 Å². The minimum Gasteiger partial charge on any atom is -0.382 e. The number of rotatable bonds is 7. The van der Waals surface area contributed by atoms with Crippen LogP contribution >= 0.6 is 0 Å². The molecule has 1 unspecified atom stereocenters. The first-order chi connectivity index (χ1) is 16.7. The van der Waals surface area contributed by atoms with E-state index in [0.717, 1.165) is 18.6 Å². The Morgan fingerprint density at radius 3 is 2.91 bits per heavy atom. The van der Waals surface area contributed by atoms with Crippen LogP contribution in [0, 0.1) is 11.6 Å². The monoisotopic (exact) mass is 487 g/mol. The summed E-state index contributed by atoms with van der Waals surface area (Å²) >= 11 is 0. The number of carbonyl (C=O) groups excluding carboxylic acids is 1. The Morgan fingerprint density at radius 1 is 1.31 bits per heavy atom. The van der Waals surface area contributed by atoms with Crippen molar-refractivity contribution in [3.05, 3.63) is 53.2 Å². The number of fused-ring (bicyclic) bond motifs is 1. The lowest BCUT2D eigenvalue weighted by Crippen LogP contribution is -2.25. The fourth-order valence-electron chi connectivity index (χ4n) is 4.70. The highest BCUT2D eigenvalue weighted by molar-refractivity contribution is 6.06. The summed E-state index contributed by atoms with van der Waals surface area (Å²) in [5.74, 6) is -1.43. The normalized spacial score (nSPS) is 21.8. The van der Waals surface area contributed by atoms with Crippen LogP contribution in [0.5, 0.6) is 0 Å². The third kappa shape index (κ3) is 4.71. The molecular weight excluding hydrogens is 460 g/mol. The average Bonchev–Trinajstić information content (AvgIpc) is 3.51. The molecule has 2 saturated heterocycles. The third-order valence-electron chi connectivity index (χ3n) is 6.24. The maximum absolute atomic E-state index is 14.5. The molecule has 0 saturated carbocycles. The molecule has 2 aromatic heterocycles. The van der Waals surface area contributed by atoms with Gasteiger partial charge < -0.3 is 24.8 Å². The number of aromatic nitrogens is 3. The van der Waals surface area contributed by atoms with Crippen LogP contribution in [0.15, 0.2) is 30.5 Å². The maximum Gasteiger partial charge on any atom is 0.196 e. The van der Waals surface area contributed by atoms with E-state index in [4.69, 9.17) is 19.9 Å². The number of carbonyl (C=O) groups is 1. The number of nitrogen functional groups attached to an aromatic ring is 1. The van der Waals surface area contributed by atoms with E-state index in [2.05, 4.69) is 10.1 Å². The van der Waals surface area contributed by atoms with Crippen LogP contribution in [0.1, 0.15) is 48.7 Å². The smallest absolute Gasteiger partial charge is 0.196 e. The van der Waals surface area contributed by atoms with Gasteiger partial charge in [0.15, 0.2) is 23.0 Å². The van der Waals surface area contributed by atoms with Gasteiger partial charge in [-0.3, -0.25) is 4.79 Å². The standard InChI is InChI=1S/C24H27F2N5O4/c1-24(2)34-12-15(35-24)11-33-13-19(32)21-22(27)29-31-9-7-20(28-23(21)31)30-8-3-4-18(30)16-10-14(25)5-6-17(16)26/h5-7,9-10,15,18H,3-4,8,11-13H2,1-2H3,(H2,27,29)/t15?,18-/m1/s1. The summed E-state index contributed by atoms with van der Waals surface area (Å²) in [6.07, 6.45) is 2.82. The van der Waals surface area contributed by atoms with E-state index < -0.39 is 17.4 Å². The summed E-state index contributed by atoms with van der Waals surface area (Å²) in [7, 11) is 0. The van der Waals surface area contributed by atoms with Gasteiger partial charge in [0.05, 0.1) is 19.3 Å². The summed E-state index contributed by atoms with van der Waals surface area (Å²) in [5, 5.41) is 4.19. The molecule has 0 aliphatic carbocycles. The molecule has 5 rings (SSSR count). The van der Waals surface area contributed by atoms with Crippen LogP contribution in [-0.2, 0) is 14.2 Å². The first-order valence-electron chi connectivity index (χ1n) is 11.5. The third-order valence-corrected chi connectivity index (χ3v) is 6.24. The van der Waals surface area contributed by atoms with Gasteiger partial charge in [-0.1, -0.05) is 0 Å². The lowest BCUT2D eigenvalue weighted by molar-refractivity contribution is -0.144. The molecular formula is C24H27F2N5O4. The van der Waals surface area contributed by atoms with Crippen LogP contribution in [0.4, 0.5) is 20.4 Å². The van der Waals surface area contributed by atoms with Gasteiger partial charge in [-0.05, 0) is 51.0 Å². The zero-order valence-corrected chi connectivity index (χ0v) is 19.5. The van der Waals surface area contributed by atoms with Gasteiger partial charge in [0.25, 0.3) is 0 Å². The fourth-order valence-corrected chi connectivity index (χ4v) is 4.70. The molecule has 0 radical (unpaired) electrons. The quantitative estimate of drug-likeness (QED) is 0.507. The van der Waals surface area contributed by atoms with Gasteiger partial charge in [0, 0.05) is 18.3 Å². The van der Waals surface area contributed by atoms with E-state index in [-0.39, 0.29) is 53.7 Å². The van der Waals surface area contributed by atoms with Crippen molar-refractivity contribution in [3.8, 4) is 0 Å². The van der Waals surface area contributed by atoms with Gasteiger partial charge in [-0.25, -0.2) is 18.3 Å². The van der Waals surface area contributed by atoms with Crippen molar-refractivity contribution >= 4 is 23.1 Å². The fraction of sp³-hybridized carbons (Fsp3) is 0.458. The predicted octanol–water partition coefficient (Wildman–Crippen LogP) is 3.28. The number of ketones is 1. The molecule has 186 valence electrons. The molecule has 2 atom stereocenters. The molecule has 0 bridgehead atoms. The van der Waals surface area contributed by atoms with Crippen molar-refractivity contribution in [2.24, 2.45) is 0 Å². The first-order valence-corrected chi connectivity index (χ1v) is 11.5. The number of hydrogen-bond donors (Lipinski definition) is 1. The molecule has 0 amide bonds. The van der Waals surface area contributed by atoms with Gasteiger partial charge in [0.2, 0.25) is 0 Å². The van der Waals surface area contributed by atoms with Crippen molar-refractivity contribution in [1.29, 1.82) is 0 Å². The number of nitrogens with two attached hydrogens (primary N) is 1. The van der Waals surface area contributed by atoms with Gasteiger partial charge in [-0.15, -0.1) is 5.10 Å². The van der Waals surface area contributed by atoms with Gasteiger partial charge >= 0.3 is 0 Å². The van der Waals surface area contributed by atoms with Crippen LogP contribution < -0.4 is 10.6 Å². The maximum atomic E-state index is 14.5. The molecule has 3 aromatic rings. The van der Waals surface area contributed by atoms with Crippen molar-refractivity contribution in [2.45, 2.75) is 44.6 Å². The van der Waals surface area contributed by atoms with Gasteiger partial charge in [-0.2, -0.15) is 0 Å². The lowest BCUT2D eigenvalue weighted by atomic mass is 10.0. The van der Waals surface area contributed by atoms with Crippen molar-refractivity contribution in [2.75, 3.05) is 37.0 Å². The summed E-state index contributed by atoms with van der Waals surface area (Å²) < 4.78 is 46.5. The molecule has 2 aliphatic rings. The summed E-state index contributed by atoms with van der Waals surface area (Å²) in [6, 6.07) is 4.81. The number of hydrogen-bond acceptors (Lipinski definition) is 8. The van der Waals surface area contributed by atoms with E-state index >= 15 is 0 Å². The number of benzene rings is 1. The Balaban J connectivity index is 1.36. The van der Waals surface area contributed by atoms with Crippen LogP contribution in [0.3, 0.4) is 0 Å². The zero-order valence-electron chi connectivity index (χ0n) is 19.5. The Hall–Kier alpha value is -3.15. The van der Waals surface area contributed by atoms with Gasteiger partial charge in [0.1, 0.15) is 35.7 Å². The molecule has 2 aliphatic heterocycles. The number of nitrogens with zero attached hydrogens (tertiary/aromatic N) is 4. The van der Waals surface area contributed by atoms with Crippen molar-refractivity contribution in [3.63, 3.8) is 0 Å². The Morgan fingerprint density at radius 2 is 2.14 bits per heavy atom. The van der Waals surface area contributed by atoms with E-state index in [9.17, 15) is 13.6 Å². The highest BCUT2D eigenvalue weighted by atomic mass is 19.1. The van der Waals surface area contributed by atoms with E-state index in [1.54, 1.807) is 12.3 Å². The number of ether oxygens (including phenoxy) is 3. The average molecular weight is 488 g/mol. The molecule has 35 heavy (non-hydrogen) atoms. The highest BCUT2D eigenvalue weighted by Crippen LogP contribution is 2.37. The summed E-state index contributed by atoms with van der Waals surface area (Å²) in [5.41, 5.74) is 6.76. The topological polar surface area (TPSA) is 104 Å². The largest absolute Gasteiger partial charge is 0.382 e. The number of anilines is 2. The summed E-state index contributed by atoms with van der Waals surface area (Å²) in [6.45, 7) is 4.59. The second-order valence-electron chi connectivity index (χ2n) is 9.22. The zero-order chi connectivity index (χ0) is 24.7. The Bertz CT molecular complexity index is 1260. The minimum atomic E-state index is -0.674. The number of halogens is 2.